The van der Waals surface area contributed by atoms with Crippen molar-refractivity contribution in [2.75, 3.05) is 13.1 Å². The summed E-state index contributed by atoms with van der Waals surface area (Å²) in [7, 11) is 0. The van der Waals surface area contributed by atoms with Crippen molar-refractivity contribution in [1.29, 1.82) is 0 Å². The molecule has 1 unspecified atom stereocenters. The molecule has 1 heterocycles. The zero-order valence-electron chi connectivity index (χ0n) is 18.0. The van der Waals surface area contributed by atoms with Crippen molar-refractivity contribution < 1.29 is 4.79 Å². The fourth-order valence-corrected chi connectivity index (χ4v) is 5.86. The topological polar surface area (TPSA) is 32.7 Å². The highest BCUT2D eigenvalue weighted by Crippen LogP contribution is 2.54. The maximum absolute atomic E-state index is 14.2. The van der Waals surface area contributed by atoms with E-state index in [-0.39, 0.29) is 11.3 Å². The van der Waals surface area contributed by atoms with Crippen molar-refractivity contribution in [3.8, 4) is 0 Å². The number of allylic oxidation sites excluding steroid dienone is 1. The van der Waals surface area contributed by atoms with Crippen LogP contribution in [0.1, 0.15) is 69.9 Å². The van der Waals surface area contributed by atoms with Gasteiger partial charge in [-0.3, -0.25) is 14.7 Å². The van der Waals surface area contributed by atoms with E-state index in [1.165, 1.54) is 36.0 Å². The lowest BCUT2D eigenvalue weighted by Gasteiger charge is -2.47. The van der Waals surface area contributed by atoms with Crippen LogP contribution in [0.25, 0.3) is 5.57 Å². The molecule has 0 radical (unpaired) electrons. The number of rotatable bonds is 3. The average molecular weight is 391 g/mol. The molecular formula is C26H34N2O. The zero-order chi connectivity index (χ0) is 20.4. The summed E-state index contributed by atoms with van der Waals surface area (Å²) in [5.41, 5.74) is 5.17. The molecule has 3 aliphatic rings. The molecule has 1 saturated carbocycles. The van der Waals surface area contributed by atoms with Crippen molar-refractivity contribution in [3.05, 3.63) is 53.6 Å². The molecule has 154 valence electrons. The van der Waals surface area contributed by atoms with Crippen LogP contribution < -0.4 is 0 Å². The van der Waals surface area contributed by atoms with Gasteiger partial charge in [-0.05, 0) is 55.2 Å². The molecule has 0 aromatic heterocycles. The minimum atomic E-state index is -0.0125. The number of hydrogen-bond donors (Lipinski definition) is 0. The lowest BCUT2D eigenvalue weighted by atomic mass is 9.59. The molecule has 4 rings (SSSR count). The third kappa shape index (κ3) is 3.49. The number of hydrogen-bond acceptors (Lipinski definition) is 2. The Morgan fingerprint density at radius 3 is 2.72 bits per heavy atom. The van der Waals surface area contributed by atoms with Gasteiger partial charge in [-0.25, -0.2) is 0 Å². The fraction of sp³-hybridized carbons (Fsp3) is 0.538. The zero-order valence-corrected chi connectivity index (χ0v) is 18.0. The molecule has 0 N–H and O–H groups in total. The van der Waals surface area contributed by atoms with Crippen LogP contribution in [0.5, 0.6) is 0 Å². The average Bonchev–Trinajstić information content (AvgIpc) is 2.73. The van der Waals surface area contributed by atoms with Gasteiger partial charge in [0.2, 0.25) is 0 Å². The monoisotopic (exact) mass is 390 g/mol. The Balaban J connectivity index is 1.95. The number of carbonyl (C=O) groups is 1. The van der Waals surface area contributed by atoms with Gasteiger partial charge in [-0.15, -0.1) is 6.58 Å². The van der Waals surface area contributed by atoms with E-state index in [1.807, 2.05) is 11.0 Å². The van der Waals surface area contributed by atoms with E-state index in [4.69, 9.17) is 4.99 Å². The first kappa shape index (κ1) is 20.1. The summed E-state index contributed by atoms with van der Waals surface area (Å²) in [6.07, 6.45) is 10.7. The second-order valence-corrected chi connectivity index (χ2v) is 9.00. The lowest BCUT2D eigenvalue weighted by molar-refractivity contribution is -0.124. The van der Waals surface area contributed by atoms with Crippen LogP contribution in [0.2, 0.25) is 0 Å². The van der Waals surface area contributed by atoms with Crippen molar-refractivity contribution in [1.82, 2.24) is 4.90 Å². The van der Waals surface area contributed by atoms with Crippen molar-refractivity contribution in [3.63, 3.8) is 0 Å². The Morgan fingerprint density at radius 1 is 1.24 bits per heavy atom. The molecule has 1 amide bonds. The standard InChI is InChI=1S/C26H34N2O/c1-4-17-28-22(27-5-2)14-13-19(3)23-21-12-8-7-11-20(21)18-26(24(23)25(28)29)15-9-6-10-16-26/h4,7-8,11-12,19H,1,5-6,9-10,13-18H2,2-3H3. The van der Waals surface area contributed by atoms with Crippen LogP contribution >= 0.6 is 0 Å². The Labute approximate surface area is 175 Å². The number of aliphatic imine (C=N–C) groups is 1. The van der Waals surface area contributed by atoms with Crippen LogP contribution in [0.15, 0.2) is 47.5 Å². The number of fused-ring (bicyclic) bond motifs is 3. The van der Waals surface area contributed by atoms with E-state index >= 15 is 0 Å². The highest BCUT2D eigenvalue weighted by Gasteiger charge is 2.47. The maximum atomic E-state index is 14.2. The first-order chi connectivity index (χ1) is 14.1. The van der Waals surface area contributed by atoms with E-state index in [1.54, 1.807) is 0 Å². The molecular weight excluding hydrogens is 356 g/mol. The van der Waals surface area contributed by atoms with Gasteiger partial charge < -0.3 is 0 Å². The molecule has 29 heavy (non-hydrogen) atoms. The second-order valence-electron chi connectivity index (χ2n) is 9.00. The minimum Gasteiger partial charge on any atom is -0.293 e. The highest BCUT2D eigenvalue weighted by atomic mass is 16.2. The van der Waals surface area contributed by atoms with Gasteiger partial charge in [0.05, 0.1) is 0 Å². The molecule has 1 atom stereocenters. The van der Waals surface area contributed by atoms with Crippen LogP contribution in [-0.4, -0.2) is 29.7 Å². The Hall–Kier alpha value is -2.16. The summed E-state index contributed by atoms with van der Waals surface area (Å²) in [5.74, 6) is 1.50. The third-order valence-electron chi connectivity index (χ3n) is 7.16. The predicted octanol–water partition coefficient (Wildman–Crippen LogP) is 5.81. The van der Waals surface area contributed by atoms with E-state index in [0.717, 1.165) is 43.5 Å². The molecule has 0 bridgehead atoms. The van der Waals surface area contributed by atoms with E-state index < -0.39 is 0 Å². The lowest BCUT2D eigenvalue weighted by Crippen LogP contribution is -2.47. The molecule has 1 spiro atoms. The first-order valence-corrected chi connectivity index (χ1v) is 11.4. The normalized spacial score (nSPS) is 25.4. The molecule has 2 aliphatic carbocycles. The number of amidine groups is 1. The molecule has 1 fully saturated rings. The van der Waals surface area contributed by atoms with Crippen molar-refractivity contribution in [2.45, 2.75) is 65.2 Å². The molecule has 3 nitrogen and oxygen atoms in total. The SMILES string of the molecule is C=CCN1C(=O)C2=C(c3ccccc3CC23CCCCC3)C(C)CCC1=NCC. The molecule has 1 aromatic carbocycles. The summed E-state index contributed by atoms with van der Waals surface area (Å²) < 4.78 is 0. The van der Waals surface area contributed by atoms with Crippen LogP contribution in [-0.2, 0) is 11.2 Å². The largest absolute Gasteiger partial charge is 0.293 e. The van der Waals surface area contributed by atoms with Gasteiger partial charge in [0.25, 0.3) is 5.91 Å². The first-order valence-electron chi connectivity index (χ1n) is 11.4. The molecule has 1 aromatic rings. The van der Waals surface area contributed by atoms with Crippen molar-refractivity contribution >= 4 is 17.3 Å². The van der Waals surface area contributed by atoms with Crippen LogP contribution in [0.4, 0.5) is 0 Å². The summed E-state index contributed by atoms with van der Waals surface area (Å²) in [4.78, 5) is 20.8. The van der Waals surface area contributed by atoms with Gasteiger partial charge in [0, 0.05) is 30.5 Å². The van der Waals surface area contributed by atoms with Crippen LogP contribution in [0.3, 0.4) is 0 Å². The molecule has 0 saturated heterocycles. The summed E-state index contributed by atoms with van der Waals surface area (Å²) in [6, 6.07) is 8.82. The smallest absolute Gasteiger partial charge is 0.256 e. The van der Waals surface area contributed by atoms with Gasteiger partial charge in [0.15, 0.2) is 0 Å². The highest BCUT2D eigenvalue weighted by molar-refractivity contribution is 6.12. The fourth-order valence-electron chi connectivity index (χ4n) is 5.86. The number of amides is 1. The maximum Gasteiger partial charge on any atom is 0.256 e. The Bertz CT molecular complexity index is 857. The summed E-state index contributed by atoms with van der Waals surface area (Å²) >= 11 is 0. The minimum absolute atomic E-state index is 0.0125. The van der Waals surface area contributed by atoms with Crippen LogP contribution in [0, 0.1) is 11.3 Å². The van der Waals surface area contributed by atoms with Crippen molar-refractivity contribution in [2.24, 2.45) is 16.3 Å². The van der Waals surface area contributed by atoms with Gasteiger partial charge in [-0.1, -0.05) is 56.5 Å². The summed E-state index contributed by atoms with van der Waals surface area (Å²) in [5, 5.41) is 0. The Kier molecular flexibility index (Phi) is 5.76. The van der Waals surface area contributed by atoms with Gasteiger partial charge in [-0.2, -0.15) is 0 Å². The predicted molar refractivity (Wildman–Crippen MR) is 121 cm³/mol. The van der Waals surface area contributed by atoms with E-state index in [2.05, 4.69) is 44.7 Å². The van der Waals surface area contributed by atoms with E-state index in [9.17, 15) is 4.79 Å². The van der Waals surface area contributed by atoms with Gasteiger partial charge >= 0.3 is 0 Å². The number of benzene rings is 1. The number of nitrogens with zero attached hydrogens (tertiary/aromatic N) is 2. The molecule has 1 aliphatic heterocycles. The number of carbonyl (C=O) groups excluding carboxylic acids is 1. The second kappa shape index (κ2) is 8.30. The Morgan fingerprint density at radius 2 is 2.00 bits per heavy atom. The van der Waals surface area contributed by atoms with Gasteiger partial charge in [0.1, 0.15) is 5.84 Å². The quantitative estimate of drug-likeness (QED) is 0.600. The summed E-state index contributed by atoms with van der Waals surface area (Å²) in [6.45, 7) is 9.55. The third-order valence-corrected chi connectivity index (χ3v) is 7.16. The molecule has 3 heteroatoms. The van der Waals surface area contributed by atoms with E-state index in [0.29, 0.717) is 19.0 Å².